The summed E-state index contributed by atoms with van der Waals surface area (Å²) in [6, 6.07) is 5.60. The first-order valence-corrected chi connectivity index (χ1v) is 6.64. The molecule has 1 nitrogen and oxygen atoms in total. The molecule has 0 aliphatic heterocycles. The minimum absolute atomic E-state index is 0.0535. The zero-order chi connectivity index (χ0) is 14.6. The molecule has 0 atom stereocenters. The number of benzene rings is 1. The molecule has 6 heteroatoms. The molecule has 1 aromatic rings. The van der Waals surface area contributed by atoms with Gasteiger partial charge in [-0.2, -0.15) is 18.4 Å². The minimum Gasteiger partial charge on any atom is -0.193 e. The summed E-state index contributed by atoms with van der Waals surface area (Å²) in [4.78, 5) is 0. The summed E-state index contributed by atoms with van der Waals surface area (Å²) in [5.74, 6) is 0. The Hall–Kier alpha value is -0.990. The van der Waals surface area contributed by atoms with Gasteiger partial charge in [0.1, 0.15) is 0 Å². The number of hydrogen-bond donors (Lipinski definition) is 0. The van der Waals surface area contributed by atoms with E-state index < -0.39 is 11.7 Å². The first-order valence-electron chi connectivity index (χ1n) is 5.47. The lowest BCUT2D eigenvalue weighted by molar-refractivity contribution is -0.138. The van der Waals surface area contributed by atoms with E-state index in [9.17, 15) is 13.2 Å². The van der Waals surface area contributed by atoms with Crippen LogP contribution in [0, 0.1) is 11.3 Å². The Morgan fingerprint density at radius 2 is 2.05 bits per heavy atom. The summed E-state index contributed by atoms with van der Waals surface area (Å²) in [5.41, 5.74) is -0.321. The summed E-state index contributed by atoms with van der Waals surface area (Å²) in [6.45, 7) is 1.87. The Balaban J connectivity index is 3.34. The van der Waals surface area contributed by atoms with Crippen molar-refractivity contribution >= 4 is 32.6 Å². The summed E-state index contributed by atoms with van der Waals surface area (Å²) in [7, 11) is 0. The van der Waals surface area contributed by atoms with E-state index in [1.54, 1.807) is 0 Å². The molecule has 19 heavy (non-hydrogen) atoms. The molecule has 1 aromatic carbocycles. The standard InChI is InChI=1S/C13H10BrClF3N/c1-2-3-9(7-19)12(15)8-4-5-11(14)10(6-8)13(16,17)18/h4-6H,2-3H2,1H3/b12-9-. The van der Waals surface area contributed by atoms with Crippen molar-refractivity contribution in [2.24, 2.45) is 0 Å². The molecule has 0 saturated heterocycles. The van der Waals surface area contributed by atoms with Crippen LogP contribution in [0.25, 0.3) is 5.03 Å². The average Bonchev–Trinajstić information content (AvgIpc) is 2.34. The lowest BCUT2D eigenvalue weighted by atomic mass is 10.0. The fourth-order valence-electron chi connectivity index (χ4n) is 1.52. The Labute approximate surface area is 122 Å². The molecule has 0 amide bonds. The molecule has 0 bridgehead atoms. The molecule has 0 spiro atoms. The van der Waals surface area contributed by atoms with E-state index in [0.29, 0.717) is 18.4 Å². The lowest BCUT2D eigenvalue weighted by Crippen LogP contribution is -2.06. The van der Waals surface area contributed by atoms with Gasteiger partial charge in [0.05, 0.1) is 16.7 Å². The van der Waals surface area contributed by atoms with E-state index in [2.05, 4.69) is 15.9 Å². The molecule has 1 rings (SSSR count). The van der Waals surface area contributed by atoms with Crippen LogP contribution in [0.2, 0.25) is 0 Å². The van der Waals surface area contributed by atoms with Gasteiger partial charge in [-0.25, -0.2) is 0 Å². The maximum absolute atomic E-state index is 12.8. The molecule has 0 aliphatic rings. The summed E-state index contributed by atoms with van der Waals surface area (Å²) in [6.07, 6.45) is -3.34. The Bertz CT molecular complexity index is 544. The highest BCUT2D eigenvalue weighted by Crippen LogP contribution is 2.37. The monoisotopic (exact) mass is 351 g/mol. The number of rotatable bonds is 3. The Morgan fingerprint density at radius 1 is 1.42 bits per heavy atom. The number of nitriles is 1. The van der Waals surface area contributed by atoms with Crippen LogP contribution in [0.15, 0.2) is 28.2 Å². The predicted molar refractivity (Wildman–Crippen MR) is 72.4 cm³/mol. The molecular weight excluding hydrogens is 343 g/mol. The van der Waals surface area contributed by atoms with Gasteiger partial charge in [0.25, 0.3) is 0 Å². The van der Waals surface area contributed by atoms with Crippen LogP contribution < -0.4 is 0 Å². The van der Waals surface area contributed by atoms with E-state index in [1.807, 2.05) is 13.0 Å². The second-order valence-electron chi connectivity index (χ2n) is 3.85. The van der Waals surface area contributed by atoms with E-state index in [1.165, 1.54) is 12.1 Å². The van der Waals surface area contributed by atoms with E-state index in [0.717, 1.165) is 6.07 Å². The van der Waals surface area contributed by atoms with Crippen molar-refractivity contribution in [1.29, 1.82) is 5.26 Å². The molecule has 0 radical (unpaired) electrons. The van der Waals surface area contributed by atoms with E-state index in [4.69, 9.17) is 16.9 Å². The molecule has 0 unspecified atom stereocenters. The fourth-order valence-corrected chi connectivity index (χ4v) is 2.24. The first-order chi connectivity index (χ1) is 8.81. The third-order valence-electron chi connectivity index (χ3n) is 2.43. The van der Waals surface area contributed by atoms with Crippen LogP contribution >= 0.6 is 27.5 Å². The van der Waals surface area contributed by atoms with Gasteiger partial charge >= 0.3 is 6.18 Å². The van der Waals surface area contributed by atoms with Gasteiger partial charge in [-0.3, -0.25) is 0 Å². The second kappa shape index (κ2) is 6.44. The molecule has 0 heterocycles. The topological polar surface area (TPSA) is 23.8 Å². The van der Waals surface area contributed by atoms with Crippen molar-refractivity contribution < 1.29 is 13.2 Å². The average molecular weight is 353 g/mol. The van der Waals surface area contributed by atoms with Crippen molar-refractivity contribution in [2.45, 2.75) is 25.9 Å². The van der Waals surface area contributed by atoms with Crippen LogP contribution in [-0.2, 0) is 6.18 Å². The van der Waals surface area contributed by atoms with Gasteiger partial charge in [-0.05, 0) is 24.1 Å². The van der Waals surface area contributed by atoms with Crippen molar-refractivity contribution in [3.8, 4) is 6.07 Å². The predicted octanol–water partition coefficient (Wildman–Crippen LogP) is 5.74. The molecule has 0 fully saturated rings. The number of alkyl halides is 3. The zero-order valence-electron chi connectivity index (χ0n) is 9.98. The van der Waals surface area contributed by atoms with Crippen LogP contribution in [0.3, 0.4) is 0 Å². The molecule has 102 valence electrons. The van der Waals surface area contributed by atoms with Crippen LogP contribution in [0.1, 0.15) is 30.9 Å². The van der Waals surface area contributed by atoms with Crippen molar-refractivity contribution in [3.63, 3.8) is 0 Å². The fraction of sp³-hybridized carbons (Fsp3) is 0.308. The van der Waals surface area contributed by atoms with E-state index in [-0.39, 0.29) is 15.1 Å². The summed E-state index contributed by atoms with van der Waals surface area (Å²) >= 11 is 8.86. The second-order valence-corrected chi connectivity index (χ2v) is 5.08. The number of allylic oxidation sites excluding steroid dienone is 1. The largest absolute Gasteiger partial charge is 0.417 e. The third kappa shape index (κ3) is 3.99. The van der Waals surface area contributed by atoms with Crippen LogP contribution in [0.4, 0.5) is 13.2 Å². The van der Waals surface area contributed by atoms with Gasteiger partial charge in [0.2, 0.25) is 0 Å². The summed E-state index contributed by atoms with van der Waals surface area (Å²) in [5, 5.41) is 9.02. The minimum atomic E-state index is -4.47. The van der Waals surface area contributed by atoms with E-state index >= 15 is 0 Å². The highest BCUT2D eigenvalue weighted by molar-refractivity contribution is 9.10. The van der Waals surface area contributed by atoms with Gasteiger partial charge < -0.3 is 0 Å². The molecule has 0 N–H and O–H groups in total. The number of halogens is 5. The lowest BCUT2D eigenvalue weighted by Gasteiger charge is -2.11. The maximum atomic E-state index is 12.8. The van der Waals surface area contributed by atoms with Crippen molar-refractivity contribution in [2.75, 3.05) is 0 Å². The third-order valence-corrected chi connectivity index (χ3v) is 3.56. The van der Waals surface area contributed by atoms with Crippen molar-refractivity contribution in [3.05, 3.63) is 39.4 Å². The number of nitrogens with zero attached hydrogens (tertiary/aromatic N) is 1. The van der Waals surface area contributed by atoms with Crippen molar-refractivity contribution in [1.82, 2.24) is 0 Å². The summed E-state index contributed by atoms with van der Waals surface area (Å²) < 4.78 is 38.3. The quantitative estimate of drug-likeness (QED) is 0.636. The Morgan fingerprint density at radius 3 is 2.53 bits per heavy atom. The van der Waals surface area contributed by atoms with Gasteiger partial charge in [0, 0.05) is 10.0 Å². The molecule has 0 saturated carbocycles. The van der Waals surface area contributed by atoms with Gasteiger partial charge in [-0.15, -0.1) is 0 Å². The molecule has 0 aromatic heterocycles. The highest BCUT2D eigenvalue weighted by Gasteiger charge is 2.33. The van der Waals surface area contributed by atoms with Crippen LogP contribution in [-0.4, -0.2) is 0 Å². The highest BCUT2D eigenvalue weighted by atomic mass is 79.9. The van der Waals surface area contributed by atoms with Gasteiger partial charge in [0.15, 0.2) is 0 Å². The van der Waals surface area contributed by atoms with Gasteiger partial charge in [-0.1, -0.05) is 46.9 Å². The maximum Gasteiger partial charge on any atom is 0.417 e. The first kappa shape index (κ1) is 16.1. The Kier molecular flexibility index (Phi) is 5.45. The zero-order valence-corrected chi connectivity index (χ0v) is 12.3. The molecule has 0 aliphatic carbocycles. The van der Waals surface area contributed by atoms with Crippen LogP contribution in [0.5, 0.6) is 0 Å². The smallest absolute Gasteiger partial charge is 0.193 e. The SMILES string of the molecule is CCC/C(C#N)=C(/Cl)c1ccc(Br)c(C(F)(F)F)c1. The molecular formula is C13H10BrClF3N. The normalized spacial score (nSPS) is 12.9. The number of hydrogen-bond acceptors (Lipinski definition) is 1.